The zero-order chi connectivity index (χ0) is 19.8. The third kappa shape index (κ3) is 12.1. The molecule has 0 saturated heterocycles. The molecule has 0 spiro atoms. The first kappa shape index (κ1) is 24.9. The van der Waals surface area contributed by atoms with Crippen LogP contribution in [-0.4, -0.2) is 43.8 Å². The van der Waals surface area contributed by atoms with Crippen molar-refractivity contribution in [1.82, 2.24) is 0 Å². The summed E-state index contributed by atoms with van der Waals surface area (Å²) in [7, 11) is -2.17. The fourth-order valence-electron chi connectivity index (χ4n) is 0.808. The quantitative estimate of drug-likeness (QED) is 0.523. The smallest absolute Gasteiger partial charge is 0.402 e. The van der Waals surface area contributed by atoms with Gasteiger partial charge in [-0.2, -0.15) is 13.2 Å². The van der Waals surface area contributed by atoms with Crippen LogP contribution in [0.25, 0.3) is 6.08 Å². The van der Waals surface area contributed by atoms with Crippen molar-refractivity contribution in [3.05, 3.63) is 42.0 Å². The molecule has 0 aliphatic carbocycles. The normalized spacial score (nSPS) is 11.5. The van der Waals surface area contributed by atoms with Crippen molar-refractivity contribution >= 4 is 13.4 Å². The van der Waals surface area contributed by atoms with E-state index in [1.54, 1.807) is 27.7 Å². The van der Waals surface area contributed by atoms with E-state index in [1.165, 1.54) is 18.2 Å². The Kier molecular flexibility index (Phi) is 10.2. The average Bonchev–Trinajstić information content (AvgIpc) is 2.35. The highest BCUT2D eigenvalue weighted by atomic mass is 19.4. The molecule has 0 amide bonds. The van der Waals surface area contributed by atoms with Crippen LogP contribution in [0.2, 0.25) is 0 Å². The predicted octanol–water partition coefficient (Wildman–Crippen LogP) is 1.82. The number of hydrogen-bond donors (Lipinski definition) is 5. The van der Waals surface area contributed by atoms with Crippen molar-refractivity contribution in [2.24, 2.45) is 0 Å². The molecule has 1 rings (SSSR count). The standard InChI is InChI=1S/C9H7F3.C6H14O2.BH3O3/c1-2-7-3-5-8(6-4-7)9(10,11)12;1-5(2,7)6(3,4)8;2-1(3)4/h2-6H,1H2;7-8H,1-4H3;2-4H. The van der Waals surface area contributed by atoms with Crippen molar-refractivity contribution < 1.29 is 38.5 Å². The molecule has 1 aromatic rings. The average molecular weight is 352 g/mol. The van der Waals surface area contributed by atoms with E-state index >= 15 is 0 Å². The van der Waals surface area contributed by atoms with Crippen molar-refractivity contribution in [3.63, 3.8) is 0 Å². The number of alkyl halides is 3. The fraction of sp³-hybridized carbons (Fsp3) is 0.467. The van der Waals surface area contributed by atoms with Crippen LogP contribution in [-0.2, 0) is 6.18 Å². The van der Waals surface area contributed by atoms with Gasteiger partial charge in [0, 0.05) is 0 Å². The van der Waals surface area contributed by atoms with Gasteiger partial charge in [0.05, 0.1) is 16.8 Å². The molecule has 0 bridgehead atoms. The summed E-state index contributed by atoms with van der Waals surface area (Å²) in [5, 5.41) is 39.7. The Hall–Kier alpha value is -1.39. The zero-order valence-electron chi connectivity index (χ0n) is 14.0. The van der Waals surface area contributed by atoms with Crippen LogP contribution in [0.15, 0.2) is 30.8 Å². The molecule has 5 nitrogen and oxygen atoms in total. The van der Waals surface area contributed by atoms with Gasteiger partial charge in [-0.1, -0.05) is 24.8 Å². The highest BCUT2D eigenvalue weighted by Gasteiger charge is 2.32. The van der Waals surface area contributed by atoms with Gasteiger partial charge in [0.1, 0.15) is 0 Å². The van der Waals surface area contributed by atoms with Gasteiger partial charge in [0.25, 0.3) is 0 Å². The molecule has 0 heterocycles. The Bertz CT molecular complexity index is 459. The lowest BCUT2D eigenvalue weighted by Gasteiger charge is -2.31. The van der Waals surface area contributed by atoms with Crippen molar-refractivity contribution in [1.29, 1.82) is 0 Å². The van der Waals surface area contributed by atoms with Crippen LogP contribution >= 0.6 is 0 Å². The molecule has 0 saturated carbocycles. The van der Waals surface area contributed by atoms with E-state index in [9.17, 15) is 13.2 Å². The van der Waals surface area contributed by atoms with Crippen LogP contribution in [0.5, 0.6) is 0 Å². The predicted molar refractivity (Wildman–Crippen MR) is 86.5 cm³/mol. The fourth-order valence-corrected chi connectivity index (χ4v) is 0.808. The SMILES string of the molecule is C=Cc1ccc(C(F)(F)F)cc1.CC(C)(O)C(C)(C)O.OB(O)O. The lowest BCUT2D eigenvalue weighted by atomic mass is 9.90. The molecule has 138 valence electrons. The Labute approximate surface area is 139 Å². The lowest BCUT2D eigenvalue weighted by molar-refractivity contribution is -0.137. The highest BCUT2D eigenvalue weighted by molar-refractivity contribution is 6.30. The van der Waals surface area contributed by atoms with Gasteiger partial charge in [0.2, 0.25) is 0 Å². The maximum Gasteiger partial charge on any atom is 0.631 e. The number of aliphatic hydroxyl groups is 2. The molecule has 1 aromatic carbocycles. The van der Waals surface area contributed by atoms with E-state index in [0.717, 1.165) is 12.1 Å². The Morgan fingerprint density at radius 1 is 0.875 bits per heavy atom. The first-order chi connectivity index (χ1) is 10.5. The third-order valence-corrected chi connectivity index (χ3v) is 2.97. The summed E-state index contributed by atoms with van der Waals surface area (Å²) in [4.78, 5) is 0. The van der Waals surface area contributed by atoms with E-state index in [4.69, 9.17) is 25.3 Å². The van der Waals surface area contributed by atoms with Crippen molar-refractivity contribution in [3.8, 4) is 0 Å². The molecule has 0 unspecified atom stereocenters. The minimum atomic E-state index is -4.25. The van der Waals surface area contributed by atoms with Crippen LogP contribution < -0.4 is 0 Å². The van der Waals surface area contributed by atoms with Gasteiger partial charge < -0.3 is 25.3 Å². The van der Waals surface area contributed by atoms with Crippen LogP contribution in [0.1, 0.15) is 38.8 Å². The second-order valence-corrected chi connectivity index (χ2v) is 5.79. The summed E-state index contributed by atoms with van der Waals surface area (Å²) in [6, 6.07) is 4.85. The molecule has 0 aromatic heterocycles. The summed E-state index contributed by atoms with van der Waals surface area (Å²) < 4.78 is 36.0. The second-order valence-electron chi connectivity index (χ2n) is 5.79. The zero-order valence-corrected chi connectivity index (χ0v) is 14.0. The summed E-state index contributed by atoms with van der Waals surface area (Å²) in [5.74, 6) is 0. The van der Waals surface area contributed by atoms with Gasteiger partial charge in [-0.25, -0.2) is 0 Å². The maximum atomic E-state index is 12.0. The first-order valence-electron chi connectivity index (χ1n) is 6.81. The van der Waals surface area contributed by atoms with Crippen LogP contribution in [0.4, 0.5) is 13.2 Å². The molecule has 0 fully saturated rings. The molecule has 5 N–H and O–H groups in total. The second kappa shape index (κ2) is 9.80. The third-order valence-electron chi connectivity index (χ3n) is 2.97. The minimum Gasteiger partial charge on any atom is -0.402 e. The summed E-state index contributed by atoms with van der Waals surface area (Å²) in [5.41, 5.74) is -1.96. The molecule has 0 atom stereocenters. The van der Waals surface area contributed by atoms with Gasteiger partial charge in [-0.3, -0.25) is 0 Å². The van der Waals surface area contributed by atoms with E-state index in [1.807, 2.05) is 0 Å². The number of rotatable bonds is 2. The van der Waals surface area contributed by atoms with E-state index in [0.29, 0.717) is 5.56 Å². The molecular formula is C15H24BF3O5. The molecule has 24 heavy (non-hydrogen) atoms. The van der Waals surface area contributed by atoms with E-state index < -0.39 is 30.3 Å². The molecule has 0 aliphatic heterocycles. The summed E-state index contributed by atoms with van der Waals surface area (Å²) in [6.45, 7) is 9.75. The maximum absolute atomic E-state index is 12.0. The minimum absolute atomic E-state index is 0.631. The monoisotopic (exact) mass is 352 g/mol. The van der Waals surface area contributed by atoms with Crippen molar-refractivity contribution in [2.45, 2.75) is 45.1 Å². The van der Waals surface area contributed by atoms with Gasteiger partial charge in [-0.05, 0) is 45.4 Å². The van der Waals surface area contributed by atoms with Gasteiger partial charge in [0.15, 0.2) is 0 Å². The van der Waals surface area contributed by atoms with Gasteiger partial charge >= 0.3 is 13.5 Å². The Morgan fingerprint density at radius 2 is 1.17 bits per heavy atom. The van der Waals surface area contributed by atoms with E-state index in [2.05, 4.69) is 6.58 Å². The van der Waals surface area contributed by atoms with Gasteiger partial charge in [-0.15, -0.1) is 0 Å². The number of hydrogen-bond acceptors (Lipinski definition) is 5. The highest BCUT2D eigenvalue weighted by Crippen LogP contribution is 2.29. The summed E-state index contributed by atoms with van der Waals surface area (Å²) in [6.07, 6.45) is -2.75. The number of benzene rings is 1. The summed E-state index contributed by atoms with van der Waals surface area (Å²) >= 11 is 0. The first-order valence-corrected chi connectivity index (χ1v) is 6.81. The van der Waals surface area contributed by atoms with Crippen LogP contribution in [0.3, 0.4) is 0 Å². The molecular weight excluding hydrogens is 328 g/mol. The topological polar surface area (TPSA) is 101 Å². The van der Waals surface area contributed by atoms with Crippen LogP contribution in [0, 0.1) is 0 Å². The Morgan fingerprint density at radius 3 is 1.33 bits per heavy atom. The lowest BCUT2D eigenvalue weighted by Crippen LogP contribution is -2.44. The molecule has 0 aliphatic rings. The number of halogens is 3. The van der Waals surface area contributed by atoms with E-state index in [-0.39, 0.29) is 0 Å². The molecule has 9 heteroatoms. The Balaban J connectivity index is 0. The molecule has 0 radical (unpaired) electrons. The van der Waals surface area contributed by atoms with Crippen molar-refractivity contribution in [2.75, 3.05) is 0 Å². The largest absolute Gasteiger partial charge is 0.631 e.